The minimum absolute atomic E-state index is 0.00799. The molecule has 1 aliphatic carbocycles. The van der Waals surface area contributed by atoms with Crippen molar-refractivity contribution >= 4 is 0 Å². The van der Waals surface area contributed by atoms with Gasteiger partial charge in [-0.1, -0.05) is 64.1 Å². The summed E-state index contributed by atoms with van der Waals surface area (Å²) in [4.78, 5) is 9.31. The number of fused-ring (bicyclic) bond motifs is 2. The molecule has 0 unspecified atom stereocenters. The summed E-state index contributed by atoms with van der Waals surface area (Å²) in [5, 5.41) is 0. The molecule has 172 valence electrons. The molecule has 1 aliphatic rings. The highest BCUT2D eigenvalue weighted by molar-refractivity contribution is 5.70. The maximum absolute atomic E-state index is 4.66. The summed E-state index contributed by atoms with van der Waals surface area (Å²) in [6.07, 6.45) is 8.06. The summed E-state index contributed by atoms with van der Waals surface area (Å²) < 4.78 is 0. The predicted molar refractivity (Wildman–Crippen MR) is 142 cm³/mol. The van der Waals surface area contributed by atoms with E-state index in [0.717, 1.165) is 37.1 Å². The van der Waals surface area contributed by atoms with Crippen LogP contribution in [0.15, 0.2) is 85.2 Å². The minimum atomic E-state index is -0.00799. The number of pyridine rings is 2. The van der Waals surface area contributed by atoms with E-state index in [4.69, 9.17) is 0 Å². The molecule has 0 saturated carbocycles. The Morgan fingerprint density at radius 3 is 1.24 bits per heavy atom. The molecule has 5 rings (SSSR count). The zero-order valence-corrected chi connectivity index (χ0v) is 20.8. The first kappa shape index (κ1) is 22.5. The van der Waals surface area contributed by atoms with Crippen LogP contribution in [-0.2, 0) is 10.8 Å². The molecule has 0 aliphatic heterocycles. The Kier molecular flexibility index (Phi) is 5.85. The van der Waals surface area contributed by atoms with Crippen LogP contribution < -0.4 is 0 Å². The van der Waals surface area contributed by atoms with Gasteiger partial charge in [0.05, 0.1) is 11.4 Å². The molecule has 0 radical (unpaired) electrons. The van der Waals surface area contributed by atoms with E-state index in [0.29, 0.717) is 0 Å². The summed E-state index contributed by atoms with van der Waals surface area (Å²) in [7, 11) is 0. The van der Waals surface area contributed by atoms with E-state index in [2.05, 4.69) is 98.3 Å². The molecule has 34 heavy (non-hydrogen) atoms. The molecule has 0 bridgehead atoms. The number of aromatic nitrogens is 2. The van der Waals surface area contributed by atoms with E-state index < -0.39 is 0 Å². The largest absolute Gasteiger partial charge is 0.256 e. The molecule has 2 nitrogen and oxygen atoms in total. The number of rotatable bonds is 6. The summed E-state index contributed by atoms with van der Waals surface area (Å²) >= 11 is 0. The molecule has 2 heterocycles. The Hall–Kier alpha value is -3.26. The van der Waals surface area contributed by atoms with Gasteiger partial charge in [0.1, 0.15) is 0 Å². The fourth-order valence-electron chi connectivity index (χ4n) is 6.41. The van der Waals surface area contributed by atoms with E-state index in [-0.39, 0.29) is 10.8 Å². The van der Waals surface area contributed by atoms with Gasteiger partial charge in [0.2, 0.25) is 0 Å². The summed E-state index contributed by atoms with van der Waals surface area (Å²) in [5.74, 6) is 0. The monoisotopic (exact) mass is 446 g/mol. The molecule has 0 saturated heterocycles. The third kappa shape index (κ3) is 3.23. The Morgan fingerprint density at radius 2 is 0.912 bits per heavy atom. The molecule has 0 spiro atoms. The maximum Gasteiger partial charge on any atom is 0.0702 e. The lowest BCUT2D eigenvalue weighted by atomic mass is 9.54. The van der Waals surface area contributed by atoms with Crippen molar-refractivity contribution in [2.45, 2.75) is 64.2 Å². The van der Waals surface area contributed by atoms with Gasteiger partial charge in [0.25, 0.3) is 0 Å². The van der Waals surface area contributed by atoms with Crippen molar-refractivity contribution in [3.05, 3.63) is 107 Å². The number of benzene rings is 2. The zero-order valence-electron chi connectivity index (χ0n) is 20.8. The van der Waals surface area contributed by atoms with Crippen molar-refractivity contribution in [3.8, 4) is 22.5 Å². The fourth-order valence-corrected chi connectivity index (χ4v) is 6.41. The van der Waals surface area contributed by atoms with Crippen LogP contribution in [-0.4, -0.2) is 9.97 Å². The Morgan fingerprint density at radius 1 is 0.500 bits per heavy atom. The molecule has 2 aromatic heterocycles. The van der Waals surface area contributed by atoms with Gasteiger partial charge in [-0.15, -0.1) is 0 Å². The Labute approximate surface area is 204 Å². The average Bonchev–Trinajstić information content (AvgIpc) is 2.92. The summed E-state index contributed by atoms with van der Waals surface area (Å²) in [6.45, 7) is 9.40. The zero-order chi connectivity index (χ0) is 23.8. The molecule has 4 aromatic rings. The molecular formula is C32H34N2. The molecule has 0 amide bonds. The van der Waals surface area contributed by atoms with Gasteiger partial charge < -0.3 is 0 Å². The number of hydrogen-bond donors (Lipinski definition) is 0. The smallest absolute Gasteiger partial charge is 0.0702 e. The third-order valence-corrected chi connectivity index (χ3v) is 8.44. The van der Waals surface area contributed by atoms with E-state index in [1.54, 1.807) is 0 Å². The highest BCUT2D eigenvalue weighted by atomic mass is 14.7. The standard InChI is InChI=1S/C32H34N2/c1-5-31(6-2)25-17-15-24(30-14-10-12-20-34-30)22-28(25)32(7-3,8-4)26-18-16-23(21-27(26)31)29-13-9-11-19-33-29/h9-22H,5-8H2,1-4H3. The quantitative estimate of drug-likeness (QED) is 0.297. The minimum Gasteiger partial charge on any atom is -0.256 e. The van der Waals surface area contributed by atoms with Crippen LogP contribution in [0.2, 0.25) is 0 Å². The van der Waals surface area contributed by atoms with E-state index in [1.807, 2.05) is 24.5 Å². The lowest BCUT2D eigenvalue weighted by Crippen LogP contribution is -2.42. The van der Waals surface area contributed by atoms with Crippen molar-refractivity contribution in [2.75, 3.05) is 0 Å². The molecule has 0 atom stereocenters. The van der Waals surface area contributed by atoms with Crippen LogP contribution >= 0.6 is 0 Å². The van der Waals surface area contributed by atoms with Crippen molar-refractivity contribution in [2.24, 2.45) is 0 Å². The highest BCUT2D eigenvalue weighted by Crippen LogP contribution is 2.56. The van der Waals surface area contributed by atoms with Crippen LogP contribution in [0.5, 0.6) is 0 Å². The SMILES string of the molecule is CCC1(CC)c2ccc(-c3ccccn3)cc2C(CC)(CC)c2ccc(-c3ccccn3)cc21. The maximum atomic E-state index is 4.66. The second kappa shape index (κ2) is 8.83. The third-order valence-electron chi connectivity index (χ3n) is 8.44. The molecule has 0 fully saturated rings. The second-order valence-corrected chi connectivity index (χ2v) is 9.53. The predicted octanol–water partition coefficient (Wildman–Crippen LogP) is 8.34. The van der Waals surface area contributed by atoms with Crippen LogP contribution in [0.25, 0.3) is 22.5 Å². The van der Waals surface area contributed by atoms with Gasteiger partial charge in [0.15, 0.2) is 0 Å². The van der Waals surface area contributed by atoms with Gasteiger partial charge in [0, 0.05) is 34.4 Å². The van der Waals surface area contributed by atoms with Gasteiger partial charge in [-0.05, 0) is 84.3 Å². The van der Waals surface area contributed by atoms with E-state index >= 15 is 0 Å². The molecular weight excluding hydrogens is 412 g/mol. The van der Waals surface area contributed by atoms with Crippen LogP contribution in [0.3, 0.4) is 0 Å². The lowest BCUT2D eigenvalue weighted by molar-refractivity contribution is 0.388. The van der Waals surface area contributed by atoms with Gasteiger partial charge in [-0.2, -0.15) is 0 Å². The number of hydrogen-bond acceptors (Lipinski definition) is 2. The topological polar surface area (TPSA) is 25.8 Å². The van der Waals surface area contributed by atoms with Crippen molar-refractivity contribution < 1.29 is 0 Å². The van der Waals surface area contributed by atoms with E-state index in [9.17, 15) is 0 Å². The lowest BCUT2D eigenvalue weighted by Gasteiger charge is -2.49. The van der Waals surface area contributed by atoms with Crippen LogP contribution in [0, 0.1) is 0 Å². The fraction of sp³-hybridized carbons (Fsp3) is 0.312. The highest BCUT2D eigenvalue weighted by Gasteiger charge is 2.47. The normalized spacial score (nSPS) is 15.4. The molecule has 0 N–H and O–H groups in total. The van der Waals surface area contributed by atoms with E-state index in [1.165, 1.54) is 33.4 Å². The summed E-state index contributed by atoms with van der Waals surface area (Å²) in [5.41, 5.74) is 10.4. The molecule has 2 heteroatoms. The van der Waals surface area contributed by atoms with Crippen LogP contribution in [0.1, 0.15) is 75.6 Å². The summed E-state index contributed by atoms with van der Waals surface area (Å²) in [6, 6.07) is 26.6. The van der Waals surface area contributed by atoms with Gasteiger partial charge >= 0.3 is 0 Å². The first-order valence-electron chi connectivity index (χ1n) is 12.8. The van der Waals surface area contributed by atoms with Gasteiger partial charge in [-0.3, -0.25) is 9.97 Å². The second-order valence-electron chi connectivity index (χ2n) is 9.53. The Balaban J connectivity index is 1.81. The Bertz CT molecular complexity index is 1180. The first-order valence-corrected chi connectivity index (χ1v) is 12.8. The van der Waals surface area contributed by atoms with Crippen molar-refractivity contribution in [1.29, 1.82) is 0 Å². The van der Waals surface area contributed by atoms with Crippen molar-refractivity contribution in [1.82, 2.24) is 9.97 Å². The number of nitrogens with zero attached hydrogens (tertiary/aromatic N) is 2. The van der Waals surface area contributed by atoms with Crippen LogP contribution in [0.4, 0.5) is 0 Å². The first-order chi connectivity index (χ1) is 16.6. The van der Waals surface area contributed by atoms with Crippen molar-refractivity contribution in [3.63, 3.8) is 0 Å². The van der Waals surface area contributed by atoms with Gasteiger partial charge in [-0.25, -0.2) is 0 Å². The average molecular weight is 447 g/mol. The molecule has 2 aromatic carbocycles.